The van der Waals surface area contributed by atoms with Crippen molar-refractivity contribution in [3.05, 3.63) is 110 Å². The number of carbonyl (C=O) groups is 2. The molecule has 3 aromatic carbocycles. The fourth-order valence-corrected chi connectivity index (χ4v) is 3.86. The molecule has 1 unspecified atom stereocenters. The predicted molar refractivity (Wildman–Crippen MR) is 120 cm³/mol. The zero-order chi connectivity index (χ0) is 23.9. The average molecular weight is 446 g/mol. The number of anilines is 1. The molecule has 0 spiro atoms. The molecule has 3 aromatic rings. The van der Waals surface area contributed by atoms with Gasteiger partial charge in [0.1, 0.15) is 11.6 Å². The van der Waals surface area contributed by atoms with E-state index in [0.717, 1.165) is 17.2 Å². The van der Waals surface area contributed by atoms with Crippen molar-refractivity contribution in [2.75, 3.05) is 4.90 Å². The number of benzene rings is 3. The van der Waals surface area contributed by atoms with Crippen LogP contribution >= 0.6 is 0 Å². The number of halogens is 1. The summed E-state index contributed by atoms with van der Waals surface area (Å²) >= 11 is 0. The van der Waals surface area contributed by atoms with E-state index in [1.165, 1.54) is 47.4 Å². The smallest absolute Gasteiger partial charge is 0.300 e. The van der Waals surface area contributed by atoms with Crippen molar-refractivity contribution in [1.82, 2.24) is 0 Å². The van der Waals surface area contributed by atoms with E-state index < -0.39 is 34.2 Å². The third-order valence-corrected chi connectivity index (χ3v) is 5.73. The van der Waals surface area contributed by atoms with E-state index in [2.05, 4.69) is 0 Å². The highest BCUT2D eigenvalue weighted by atomic mass is 19.1. The standard InChI is InChI=1S/C25H19FN2O5/c1-14-6-11-19(12-15(14)2)27-22(16-7-9-18(26)10-8-16)21(24(30)25(27)31)23(29)17-4-3-5-20(13-17)28(32)33/h3-13,22,29H,1-2H3/b23-21-. The number of Topliss-reactive ketones (excluding diaryl/α,β-unsaturated/α-hetero) is 1. The number of nitro groups is 1. The maximum atomic E-state index is 13.6. The van der Waals surface area contributed by atoms with Crippen LogP contribution < -0.4 is 4.90 Å². The summed E-state index contributed by atoms with van der Waals surface area (Å²) in [6.07, 6.45) is 0. The molecule has 4 rings (SSSR count). The maximum Gasteiger partial charge on any atom is 0.300 e. The second kappa shape index (κ2) is 8.31. The van der Waals surface area contributed by atoms with Crippen molar-refractivity contribution >= 4 is 28.8 Å². The Kier molecular flexibility index (Phi) is 5.51. The number of rotatable bonds is 4. The molecule has 8 heteroatoms. The zero-order valence-corrected chi connectivity index (χ0v) is 17.8. The van der Waals surface area contributed by atoms with Gasteiger partial charge in [-0.1, -0.05) is 30.3 Å². The molecule has 1 heterocycles. The van der Waals surface area contributed by atoms with Gasteiger partial charge < -0.3 is 5.11 Å². The van der Waals surface area contributed by atoms with Gasteiger partial charge >= 0.3 is 0 Å². The lowest BCUT2D eigenvalue weighted by Gasteiger charge is -2.26. The van der Waals surface area contributed by atoms with E-state index in [0.29, 0.717) is 11.3 Å². The SMILES string of the molecule is Cc1ccc(N2C(=O)C(=O)/C(=C(\O)c3cccc([N+](=O)[O-])c3)C2c2ccc(F)cc2)cc1C. The first kappa shape index (κ1) is 21.9. The number of non-ortho nitro benzene ring substituents is 1. The van der Waals surface area contributed by atoms with Crippen molar-refractivity contribution in [3.63, 3.8) is 0 Å². The van der Waals surface area contributed by atoms with E-state index in [1.807, 2.05) is 19.9 Å². The number of carbonyl (C=O) groups excluding carboxylic acids is 2. The van der Waals surface area contributed by atoms with Crippen LogP contribution in [-0.4, -0.2) is 21.7 Å². The molecule has 1 amide bonds. The summed E-state index contributed by atoms with van der Waals surface area (Å²) in [5.74, 6) is -2.84. The summed E-state index contributed by atoms with van der Waals surface area (Å²) in [5, 5.41) is 22.2. The highest BCUT2D eigenvalue weighted by molar-refractivity contribution is 6.51. The monoisotopic (exact) mass is 446 g/mol. The molecular formula is C25H19FN2O5. The van der Waals surface area contributed by atoms with Crippen molar-refractivity contribution in [3.8, 4) is 0 Å². The minimum Gasteiger partial charge on any atom is -0.507 e. The first-order chi connectivity index (χ1) is 15.7. The molecule has 1 saturated heterocycles. The van der Waals surface area contributed by atoms with Gasteiger partial charge in [0.15, 0.2) is 0 Å². The number of hydrogen-bond donors (Lipinski definition) is 1. The Labute approximate surface area is 188 Å². The minimum atomic E-state index is -1.05. The molecule has 1 atom stereocenters. The van der Waals surface area contributed by atoms with Crippen LogP contribution in [0.5, 0.6) is 0 Å². The second-order valence-electron chi connectivity index (χ2n) is 7.80. The van der Waals surface area contributed by atoms with E-state index in [9.17, 15) is 29.2 Å². The normalized spacial score (nSPS) is 17.4. The van der Waals surface area contributed by atoms with Crippen LogP contribution in [-0.2, 0) is 9.59 Å². The van der Waals surface area contributed by atoms with Gasteiger partial charge in [-0.3, -0.25) is 24.6 Å². The Bertz CT molecular complexity index is 1330. The molecule has 0 aliphatic carbocycles. The summed E-state index contributed by atoms with van der Waals surface area (Å²) in [6, 6.07) is 14.6. The number of aliphatic hydroxyl groups excluding tert-OH is 1. The van der Waals surface area contributed by atoms with E-state index >= 15 is 0 Å². The van der Waals surface area contributed by atoms with E-state index in [4.69, 9.17) is 0 Å². The Morgan fingerprint density at radius 1 is 1.00 bits per heavy atom. The Morgan fingerprint density at radius 3 is 2.33 bits per heavy atom. The second-order valence-corrected chi connectivity index (χ2v) is 7.80. The number of amides is 1. The van der Waals surface area contributed by atoms with Gasteiger partial charge in [0.2, 0.25) is 0 Å². The van der Waals surface area contributed by atoms with E-state index in [-0.39, 0.29) is 16.8 Å². The Balaban J connectivity index is 1.96. The lowest BCUT2D eigenvalue weighted by Crippen LogP contribution is -2.29. The van der Waals surface area contributed by atoms with Crippen molar-refractivity contribution in [2.24, 2.45) is 0 Å². The van der Waals surface area contributed by atoms with Gasteiger partial charge in [0.25, 0.3) is 17.4 Å². The zero-order valence-electron chi connectivity index (χ0n) is 17.8. The molecule has 33 heavy (non-hydrogen) atoms. The first-order valence-electron chi connectivity index (χ1n) is 10.1. The van der Waals surface area contributed by atoms with Crippen LogP contribution in [0.15, 0.2) is 72.3 Å². The van der Waals surface area contributed by atoms with Crippen LogP contribution in [0, 0.1) is 29.8 Å². The van der Waals surface area contributed by atoms with Gasteiger partial charge in [-0.15, -0.1) is 0 Å². The average Bonchev–Trinajstić information content (AvgIpc) is 3.06. The highest BCUT2D eigenvalue weighted by Gasteiger charge is 2.47. The third kappa shape index (κ3) is 3.87. The topological polar surface area (TPSA) is 101 Å². The summed E-state index contributed by atoms with van der Waals surface area (Å²) in [6.45, 7) is 3.78. The van der Waals surface area contributed by atoms with Gasteiger partial charge in [-0.25, -0.2) is 4.39 Å². The lowest BCUT2D eigenvalue weighted by atomic mass is 9.95. The number of aliphatic hydroxyl groups is 1. The van der Waals surface area contributed by atoms with Crippen LogP contribution in [0.3, 0.4) is 0 Å². The van der Waals surface area contributed by atoms with Gasteiger partial charge in [-0.2, -0.15) is 0 Å². The fourth-order valence-electron chi connectivity index (χ4n) is 3.86. The fraction of sp³-hybridized carbons (Fsp3) is 0.120. The maximum absolute atomic E-state index is 13.6. The van der Waals surface area contributed by atoms with Gasteiger partial charge in [-0.05, 0) is 54.8 Å². The quantitative estimate of drug-likeness (QED) is 0.200. The summed E-state index contributed by atoms with van der Waals surface area (Å²) in [7, 11) is 0. The molecule has 1 fully saturated rings. The predicted octanol–water partition coefficient (Wildman–Crippen LogP) is 4.98. The number of ketones is 1. The molecular weight excluding hydrogens is 427 g/mol. The van der Waals surface area contributed by atoms with Crippen molar-refractivity contribution < 1.29 is 24.0 Å². The third-order valence-electron chi connectivity index (χ3n) is 5.73. The van der Waals surface area contributed by atoms with Crippen LogP contribution in [0.4, 0.5) is 15.8 Å². The molecule has 0 saturated carbocycles. The number of hydrogen-bond acceptors (Lipinski definition) is 5. The summed E-state index contributed by atoms with van der Waals surface area (Å²) < 4.78 is 13.6. The Morgan fingerprint density at radius 2 is 1.70 bits per heavy atom. The number of aryl methyl sites for hydroxylation is 2. The van der Waals surface area contributed by atoms with E-state index in [1.54, 1.807) is 12.1 Å². The number of nitrogens with zero attached hydrogens (tertiary/aromatic N) is 2. The molecule has 7 nitrogen and oxygen atoms in total. The molecule has 1 N–H and O–H groups in total. The highest BCUT2D eigenvalue weighted by Crippen LogP contribution is 2.42. The minimum absolute atomic E-state index is 0.0226. The van der Waals surface area contributed by atoms with Crippen molar-refractivity contribution in [2.45, 2.75) is 19.9 Å². The van der Waals surface area contributed by atoms with Crippen molar-refractivity contribution in [1.29, 1.82) is 0 Å². The molecule has 1 aliphatic heterocycles. The van der Waals surface area contributed by atoms with Crippen LogP contribution in [0.25, 0.3) is 5.76 Å². The largest absolute Gasteiger partial charge is 0.507 e. The number of nitro benzene ring substituents is 1. The molecule has 1 aliphatic rings. The van der Waals surface area contributed by atoms with Gasteiger partial charge in [0.05, 0.1) is 16.5 Å². The Hall–Kier alpha value is -4.33. The first-order valence-corrected chi connectivity index (χ1v) is 10.1. The van der Waals surface area contributed by atoms with Gasteiger partial charge in [0, 0.05) is 23.4 Å². The lowest BCUT2D eigenvalue weighted by molar-refractivity contribution is -0.384. The molecule has 166 valence electrons. The summed E-state index contributed by atoms with van der Waals surface area (Å²) in [5.41, 5.74) is 2.24. The molecule has 0 aromatic heterocycles. The van der Waals surface area contributed by atoms with Crippen LogP contribution in [0.1, 0.15) is 28.3 Å². The van der Waals surface area contributed by atoms with Crippen LogP contribution in [0.2, 0.25) is 0 Å². The molecule has 0 bridgehead atoms. The molecule has 0 radical (unpaired) electrons. The summed E-state index contributed by atoms with van der Waals surface area (Å²) in [4.78, 5) is 38.0.